The van der Waals surface area contributed by atoms with E-state index < -0.39 is 11.8 Å². The Kier molecular flexibility index (Phi) is 6.40. The van der Waals surface area contributed by atoms with E-state index in [9.17, 15) is 14.4 Å². The summed E-state index contributed by atoms with van der Waals surface area (Å²) in [4.78, 5) is 41.0. The van der Waals surface area contributed by atoms with Crippen molar-refractivity contribution in [2.45, 2.75) is 19.8 Å². The van der Waals surface area contributed by atoms with E-state index in [2.05, 4.69) is 15.6 Å². The van der Waals surface area contributed by atoms with Crippen molar-refractivity contribution in [3.8, 4) is 10.8 Å². The molecule has 0 unspecified atom stereocenters. The van der Waals surface area contributed by atoms with Gasteiger partial charge in [0.1, 0.15) is 5.76 Å². The Bertz CT molecular complexity index is 1030. The van der Waals surface area contributed by atoms with Gasteiger partial charge in [0.2, 0.25) is 17.7 Å². The average molecular weight is 412 g/mol. The highest BCUT2D eigenvalue weighted by Gasteiger charge is 2.17. The van der Waals surface area contributed by atoms with Gasteiger partial charge in [-0.25, -0.2) is 4.98 Å². The van der Waals surface area contributed by atoms with Gasteiger partial charge in [-0.1, -0.05) is 18.2 Å². The Balaban J connectivity index is 1.67. The second kappa shape index (κ2) is 9.16. The molecular weight excluding hydrogens is 392 g/mol. The normalized spacial score (nSPS) is 10.5. The maximum atomic E-state index is 12.5. The number of benzene rings is 1. The molecule has 3 amide bonds. The number of nitrogens with two attached hydrogens (primary N) is 1. The quantitative estimate of drug-likeness (QED) is 0.524. The number of thiophene rings is 1. The van der Waals surface area contributed by atoms with Gasteiger partial charge in [-0.05, 0) is 30.5 Å². The van der Waals surface area contributed by atoms with Crippen molar-refractivity contribution in [3.63, 3.8) is 0 Å². The Labute approximate surface area is 171 Å². The fraction of sp³-hybridized carbons (Fsp3) is 0.200. The number of anilines is 1. The van der Waals surface area contributed by atoms with E-state index in [4.69, 9.17) is 10.2 Å². The van der Waals surface area contributed by atoms with E-state index in [0.717, 1.165) is 4.88 Å². The van der Waals surface area contributed by atoms with Gasteiger partial charge in [-0.3, -0.25) is 14.4 Å². The number of rotatable bonds is 8. The lowest BCUT2D eigenvalue weighted by Crippen LogP contribution is -2.29. The molecule has 3 aromatic rings. The number of aromatic nitrogens is 1. The Hall–Kier alpha value is -3.46. The SMILES string of the molecule is Cc1oc(-c2cccs2)nc1CC(=O)Nc1ccccc1C(=O)NCCC(N)=O. The van der Waals surface area contributed by atoms with E-state index in [1.54, 1.807) is 31.2 Å². The average Bonchev–Trinajstić information content (AvgIpc) is 3.32. The minimum Gasteiger partial charge on any atom is -0.440 e. The number of para-hydroxylation sites is 1. The second-order valence-corrected chi connectivity index (χ2v) is 7.19. The first-order valence-electron chi connectivity index (χ1n) is 8.89. The van der Waals surface area contributed by atoms with Gasteiger partial charge in [0.05, 0.1) is 28.2 Å². The van der Waals surface area contributed by atoms with Gasteiger partial charge >= 0.3 is 0 Å². The Morgan fingerprint density at radius 3 is 2.69 bits per heavy atom. The van der Waals surface area contributed by atoms with Gasteiger partial charge in [0.15, 0.2) is 0 Å². The summed E-state index contributed by atoms with van der Waals surface area (Å²) in [6, 6.07) is 10.4. The van der Waals surface area contributed by atoms with Crippen LogP contribution in [0.4, 0.5) is 5.69 Å². The number of aryl methyl sites for hydroxylation is 1. The van der Waals surface area contributed by atoms with Crippen LogP contribution in [-0.2, 0) is 16.0 Å². The maximum Gasteiger partial charge on any atom is 0.253 e. The van der Waals surface area contributed by atoms with Gasteiger partial charge in [-0.2, -0.15) is 0 Å². The molecule has 0 aliphatic carbocycles. The first kappa shape index (κ1) is 20.3. The molecule has 9 heteroatoms. The summed E-state index contributed by atoms with van der Waals surface area (Å²) in [5, 5.41) is 7.27. The number of carbonyl (C=O) groups excluding carboxylic acids is 3. The van der Waals surface area contributed by atoms with E-state index in [1.165, 1.54) is 11.3 Å². The smallest absolute Gasteiger partial charge is 0.253 e. The third-order valence-corrected chi connectivity index (χ3v) is 4.91. The third kappa shape index (κ3) is 5.29. The fourth-order valence-corrected chi connectivity index (χ4v) is 3.28. The van der Waals surface area contributed by atoms with Crippen molar-refractivity contribution in [3.05, 3.63) is 58.8 Å². The van der Waals surface area contributed by atoms with Gasteiger partial charge in [0, 0.05) is 13.0 Å². The van der Waals surface area contributed by atoms with Crippen LogP contribution in [0, 0.1) is 6.92 Å². The fourth-order valence-electron chi connectivity index (χ4n) is 2.63. The number of nitrogens with one attached hydrogen (secondary N) is 2. The molecule has 0 saturated carbocycles. The summed E-state index contributed by atoms with van der Waals surface area (Å²) >= 11 is 1.50. The molecule has 0 fully saturated rings. The first-order chi connectivity index (χ1) is 13.9. The second-order valence-electron chi connectivity index (χ2n) is 6.24. The van der Waals surface area contributed by atoms with E-state index in [0.29, 0.717) is 28.6 Å². The van der Waals surface area contributed by atoms with Crippen LogP contribution in [0.1, 0.15) is 28.2 Å². The summed E-state index contributed by atoms with van der Waals surface area (Å²) < 4.78 is 5.65. The molecule has 0 aliphatic rings. The summed E-state index contributed by atoms with van der Waals surface area (Å²) in [5.74, 6) is -0.177. The lowest BCUT2D eigenvalue weighted by atomic mass is 10.1. The van der Waals surface area contributed by atoms with Crippen molar-refractivity contribution >= 4 is 34.7 Å². The van der Waals surface area contributed by atoms with Crippen LogP contribution < -0.4 is 16.4 Å². The molecule has 29 heavy (non-hydrogen) atoms. The lowest BCUT2D eigenvalue weighted by Gasteiger charge is -2.11. The van der Waals surface area contributed by atoms with Crippen LogP contribution in [0.25, 0.3) is 10.8 Å². The molecule has 150 valence electrons. The van der Waals surface area contributed by atoms with Gasteiger partial charge in [-0.15, -0.1) is 11.3 Å². The number of nitrogens with zero attached hydrogens (tertiary/aromatic N) is 1. The number of oxazole rings is 1. The van der Waals surface area contributed by atoms with E-state index in [-0.39, 0.29) is 25.3 Å². The number of carbonyl (C=O) groups is 3. The van der Waals surface area contributed by atoms with Crippen LogP contribution in [0.5, 0.6) is 0 Å². The molecule has 0 spiro atoms. The molecule has 0 radical (unpaired) electrons. The van der Waals surface area contributed by atoms with Crippen molar-refractivity contribution in [2.75, 3.05) is 11.9 Å². The van der Waals surface area contributed by atoms with E-state index in [1.807, 2.05) is 17.5 Å². The largest absolute Gasteiger partial charge is 0.440 e. The minimum absolute atomic E-state index is 0.0122. The third-order valence-electron chi connectivity index (χ3n) is 4.06. The van der Waals surface area contributed by atoms with Crippen LogP contribution in [0.15, 0.2) is 46.2 Å². The van der Waals surface area contributed by atoms with Crippen molar-refractivity contribution in [1.82, 2.24) is 10.3 Å². The molecule has 3 rings (SSSR count). The maximum absolute atomic E-state index is 12.5. The number of primary amides is 1. The highest BCUT2D eigenvalue weighted by Crippen LogP contribution is 2.26. The van der Waals surface area contributed by atoms with Crippen molar-refractivity contribution < 1.29 is 18.8 Å². The standard InChI is InChI=1S/C20H20N4O4S/c1-12-15(24-20(28-12)16-7-4-10-29-16)11-18(26)23-14-6-3-2-5-13(14)19(27)22-9-8-17(21)25/h2-7,10H,8-9,11H2,1H3,(H2,21,25)(H,22,27)(H,23,26). The Morgan fingerprint density at radius 1 is 1.17 bits per heavy atom. The molecule has 8 nitrogen and oxygen atoms in total. The van der Waals surface area contributed by atoms with E-state index >= 15 is 0 Å². The highest BCUT2D eigenvalue weighted by molar-refractivity contribution is 7.13. The highest BCUT2D eigenvalue weighted by atomic mass is 32.1. The van der Waals surface area contributed by atoms with Gasteiger partial charge < -0.3 is 20.8 Å². The van der Waals surface area contributed by atoms with Crippen LogP contribution in [-0.4, -0.2) is 29.3 Å². The molecule has 0 bridgehead atoms. The molecule has 2 heterocycles. The molecule has 2 aromatic heterocycles. The summed E-state index contributed by atoms with van der Waals surface area (Å²) in [5.41, 5.74) is 6.27. The van der Waals surface area contributed by atoms with Crippen molar-refractivity contribution in [1.29, 1.82) is 0 Å². The van der Waals surface area contributed by atoms with Gasteiger partial charge in [0.25, 0.3) is 5.91 Å². The zero-order valence-corrected chi connectivity index (χ0v) is 16.5. The van der Waals surface area contributed by atoms with Crippen LogP contribution >= 0.6 is 11.3 Å². The number of hydrogen-bond acceptors (Lipinski definition) is 6. The summed E-state index contributed by atoms with van der Waals surface area (Å²) in [7, 11) is 0. The van der Waals surface area contributed by atoms with Crippen LogP contribution in [0.2, 0.25) is 0 Å². The molecule has 1 aromatic carbocycles. The summed E-state index contributed by atoms with van der Waals surface area (Å²) in [6.07, 6.45) is 0.0522. The topological polar surface area (TPSA) is 127 Å². The monoisotopic (exact) mass is 412 g/mol. The molecular formula is C20H20N4O4S. The van der Waals surface area contributed by atoms with Crippen molar-refractivity contribution in [2.24, 2.45) is 5.73 Å². The number of hydrogen-bond donors (Lipinski definition) is 3. The minimum atomic E-state index is -0.503. The zero-order chi connectivity index (χ0) is 20.8. The first-order valence-corrected chi connectivity index (χ1v) is 9.77. The van der Waals surface area contributed by atoms with Crippen LogP contribution in [0.3, 0.4) is 0 Å². The summed E-state index contributed by atoms with van der Waals surface area (Å²) in [6.45, 7) is 1.88. The predicted molar refractivity (Wildman–Crippen MR) is 109 cm³/mol. The Morgan fingerprint density at radius 2 is 1.97 bits per heavy atom. The molecule has 4 N–H and O–H groups in total. The molecule has 0 saturated heterocycles. The lowest BCUT2D eigenvalue weighted by molar-refractivity contribution is -0.118. The predicted octanol–water partition coefficient (Wildman–Crippen LogP) is 2.50. The molecule has 0 atom stereocenters. The molecule has 0 aliphatic heterocycles. The number of amides is 3. The zero-order valence-electron chi connectivity index (χ0n) is 15.7.